The molecule has 2 aliphatic heterocycles. The SMILES string of the molecule is C[N+]1=C(/C=C/Nc2ccccc2Sc2ccccc2N/C=C/C2=[N+](C)c3ccccc3C2(C)C)C(C)(C)c2ccccc21.O=S(=O)([O-])O.O=S(=O)([O-])O. The fraction of sp³-hybridized carbons (Fsp3) is 0.211. The van der Waals surface area contributed by atoms with Crippen LogP contribution in [0.4, 0.5) is 22.7 Å². The van der Waals surface area contributed by atoms with E-state index in [4.69, 9.17) is 35.0 Å². The van der Waals surface area contributed by atoms with E-state index >= 15 is 0 Å². The highest BCUT2D eigenvalue weighted by Gasteiger charge is 2.43. The third-order valence-electron chi connectivity index (χ3n) is 8.84. The zero-order valence-electron chi connectivity index (χ0n) is 30.0. The molecule has 0 bridgehead atoms. The molecule has 0 fully saturated rings. The maximum absolute atomic E-state index is 8.63. The van der Waals surface area contributed by atoms with Gasteiger partial charge in [0.25, 0.3) is 0 Å². The van der Waals surface area contributed by atoms with Gasteiger partial charge in [0.1, 0.15) is 14.1 Å². The highest BCUT2D eigenvalue weighted by Crippen LogP contribution is 2.41. The van der Waals surface area contributed by atoms with E-state index in [1.165, 1.54) is 43.7 Å². The summed E-state index contributed by atoms with van der Waals surface area (Å²) in [5, 5.41) is 7.15. The van der Waals surface area contributed by atoms with Crippen molar-refractivity contribution in [2.75, 3.05) is 24.7 Å². The molecule has 6 rings (SSSR count). The van der Waals surface area contributed by atoms with Crippen LogP contribution in [0.15, 0.2) is 131 Å². The smallest absolute Gasteiger partial charge is 0.215 e. The molecular weight excluding hydrogens is 737 g/mol. The quantitative estimate of drug-likeness (QED) is 0.0812. The van der Waals surface area contributed by atoms with Crippen molar-refractivity contribution >= 4 is 66.7 Å². The molecular formula is C38H42N4O8S3. The molecule has 12 nitrogen and oxygen atoms in total. The summed E-state index contributed by atoms with van der Waals surface area (Å²) in [6.07, 6.45) is 8.56. The summed E-state index contributed by atoms with van der Waals surface area (Å²) in [6, 6.07) is 34.3. The minimum atomic E-state index is -4.92. The molecule has 0 amide bonds. The molecule has 2 aliphatic rings. The lowest BCUT2D eigenvalue weighted by atomic mass is 9.81. The monoisotopic (exact) mass is 778 g/mol. The van der Waals surface area contributed by atoms with Crippen molar-refractivity contribution in [1.82, 2.24) is 0 Å². The molecule has 0 atom stereocenters. The zero-order chi connectivity index (χ0) is 39.2. The van der Waals surface area contributed by atoms with Gasteiger partial charge in [-0.25, -0.2) is 16.8 Å². The first-order chi connectivity index (χ1) is 24.7. The van der Waals surface area contributed by atoms with E-state index < -0.39 is 20.8 Å². The first-order valence-corrected chi connectivity index (χ1v) is 19.7. The molecule has 0 saturated heterocycles. The van der Waals surface area contributed by atoms with Crippen LogP contribution in [0, 0.1) is 0 Å². The number of rotatable bonds is 8. The number of allylic oxidation sites excluding steroid dienone is 2. The van der Waals surface area contributed by atoms with Crippen LogP contribution in [0.3, 0.4) is 0 Å². The third kappa shape index (κ3) is 10.7. The Hall–Kier alpha value is -4.61. The second-order valence-electron chi connectivity index (χ2n) is 13.1. The first-order valence-electron chi connectivity index (χ1n) is 16.2. The zero-order valence-corrected chi connectivity index (χ0v) is 32.5. The number of para-hydroxylation sites is 4. The van der Waals surface area contributed by atoms with Crippen LogP contribution in [0.2, 0.25) is 0 Å². The molecule has 2 heterocycles. The average molecular weight is 779 g/mol. The molecule has 0 radical (unpaired) electrons. The lowest BCUT2D eigenvalue weighted by Gasteiger charge is -2.16. The molecule has 0 aromatic heterocycles. The molecule has 15 heteroatoms. The topological polar surface area (TPSA) is 185 Å². The average Bonchev–Trinajstić information content (AvgIpc) is 3.38. The Bertz CT molecular complexity index is 2150. The van der Waals surface area contributed by atoms with Gasteiger partial charge in [-0.05, 0) is 52.0 Å². The first kappa shape index (κ1) is 41.2. The number of fused-ring (bicyclic) bond motifs is 2. The Kier molecular flexibility index (Phi) is 12.9. The van der Waals surface area contributed by atoms with Crippen molar-refractivity contribution in [3.8, 4) is 0 Å². The van der Waals surface area contributed by atoms with Crippen molar-refractivity contribution in [1.29, 1.82) is 0 Å². The van der Waals surface area contributed by atoms with Crippen molar-refractivity contribution in [2.45, 2.75) is 48.3 Å². The van der Waals surface area contributed by atoms with E-state index in [9.17, 15) is 0 Å². The Morgan fingerprint density at radius 3 is 1.23 bits per heavy atom. The largest absolute Gasteiger partial charge is 0.726 e. The number of hydrogen-bond donors (Lipinski definition) is 4. The van der Waals surface area contributed by atoms with Crippen LogP contribution >= 0.6 is 11.8 Å². The molecule has 53 heavy (non-hydrogen) atoms. The van der Waals surface area contributed by atoms with E-state index in [1.54, 1.807) is 11.8 Å². The number of hydrogen-bond acceptors (Lipinski definition) is 9. The fourth-order valence-corrected chi connectivity index (χ4v) is 7.50. The van der Waals surface area contributed by atoms with Gasteiger partial charge in [-0.15, -0.1) is 0 Å². The van der Waals surface area contributed by atoms with Gasteiger partial charge in [0.2, 0.25) is 32.2 Å². The van der Waals surface area contributed by atoms with Crippen LogP contribution < -0.4 is 10.6 Å². The van der Waals surface area contributed by atoms with Gasteiger partial charge in [0, 0.05) is 57.6 Å². The maximum atomic E-state index is 8.63. The van der Waals surface area contributed by atoms with Gasteiger partial charge in [-0.3, -0.25) is 9.11 Å². The molecule has 0 unspecified atom stereocenters. The molecule has 4 N–H and O–H groups in total. The van der Waals surface area contributed by atoms with Crippen molar-refractivity contribution < 1.29 is 44.2 Å². The van der Waals surface area contributed by atoms with Crippen LogP contribution in [0.5, 0.6) is 0 Å². The number of benzene rings is 4. The summed E-state index contributed by atoms with van der Waals surface area (Å²) < 4.78 is 70.3. The van der Waals surface area contributed by atoms with Gasteiger partial charge >= 0.3 is 0 Å². The normalized spacial score (nSPS) is 15.7. The minimum absolute atomic E-state index is 0.0560. The minimum Gasteiger partial charge on any atom is -0.726 e. The lowest BCUT2D eigenvalue weighted by molar-refractivity contribution is -0.401. The maximum Gasteiger partial charge on any atom is 0.215 e. The summed E-state index contributed by atoms with van der Waals surface area (Å²) in [4.78, 5) is 2.33. The van der Waals surface area contributed by atoms with Crippen LogP contribution in [0.1, 0.15) is 38.8 Å². The predicted octanol–water partition coefficient (Wildman–Crippen LogP) is 7.11. The fourth-order valence-electron chi connectivity index (χ4n) is 6.49. The Morgan fingerprint density at radius 1 is 0.585 bits per heavy atom. The molecule has 280 valence electrons. The summed E-state index contributed by atoms with van der Waals surface area (Å²) in [6.45, 7) is 9.17. The number of nitrogens with one attached hydrogen (secondary N) is 2. The third-order valence-corrected chi connectivity index (χ3v) is 9.99. The molecule has 4 aromatic carbocycles. The van der Waals surface area contributed by atoms with Crippen LogP contribution in [-0.2, 0) is 31.6 Å². The molecule has 0 spiro atoms. The van der Waals surface area contributed by atoms with Crippen molar-refractivity contribution in [3.05, 3.63) is 133 Å². The number of nitrogens with zero attached hydrogens (tertiary/aromatic N) is 2. The number of anilines is 2. The van der Waals surface area contributed by atoms with E-state index in [1.807, 2.05) is 0 Å². The Balaban J connectivity index is 0.000000556. The Labute approximate surface area is 315 Å². The van der Waals surface area contributed by atoms with E-state index in [0.717, 1.165) is 11.4 Å². The van der Waals surface area contributed by atoms with Gasteiger partial charge in [-0.1, -0.05) is 72.4 Å². The Morgan fingerprint density at radius 2 is 0.887 bits per heavy atom. The highest BCUT2D eigenvalue weighted by atomic mass is 32.3. The second-order valence-corrected chi connectivity index (χ2v) is 15.9. The molecule has 4 aromatic rings. The van der Waals surface area contributed by atoms with E-state index in [-0.39, 0.29) is 10.8 Å². The lowest BCUT2D eigenvalue weighted by Crippen LogP contribution is -2.26. The van der Waals surface area contributed by atoms with Crippen LogP contribution in [0.25, 0.3) is 0 Å². The van der Waals surface area contributed by atoms with Crippen LogP contribution in [-0.4, -0.2) is 69.7 Å². The van der Waals surface area contributed by atoms with Gasteiger partial charge in [0.15, 0.2) is 11.4 Å². The van der Waals surface area contributed by atoms with Crippen molar-refractivity contribution in [3.63, 3.8) is 0 Å². The molecule has 0 saturated carbocycles. The summed E-state index contributed by atoms with van der Waals surface area (Å²) in [5.41, 5.74) is 9.84. The predicted molar refractivity (Wildman–Crippen MR) is 208 cm³/mol. The summed E-state index contributed by atoms with van der Waals surface area (Å²) in [7, 11) is -5.53. The molecule has 0 aliphatic carbocycles. The highest BCUT2D eigenvalue weighted by molar-refractivity contribution is 7.99. The van der Waals surface area contributed by atoms with Gasteiger partial charge in [0.05, 0.1) is 22.2 Å². The summed E-state index contributed by atoms with van der Waals surface area (Å²) in [5.74, 6) is 0. The van der Waals surface area contributed by atoms with E-state index in [2.05, 4.69) is 183 Å². The standard InChI is InChI=1S/C38H38N4S.2H2O4S/c1-37(2)27-15-7-11-19-31(27)41(5)35(37)23-25-39-29-17-9-13-21-33(29)43-34-22-14-10-18-30(34)40-26-24-36-38(3,4)28-16-8-12-20-32(28)42(36)6;2*1-5(2,3)4/h7-26H,1-6H3;2*(H2,1,2,3,4). The van der Waals surface area contributed by atoms with Crippen molar-refractivity contribution in [2.24, 2.45) is 0 Å². The van der Waals surface area contributed by atoms with Gasteiger partial charge in [-0.2, -0.15) is 9.15 Å². The van der Waals surface area contributed by atoms with E-state index in [0.29, 0.717) is 0 Å². The second kappa shape index (κ2) is 16.6. The summed E-state index contributed by atoms with van der Waals surface area (Å²) >= 11 is 1.76. The van der Waals surface area contributed by atoms with Gasteiger partial charge < -0.3 is 19.7 Å².